The van der Waals surface area contributed by atoms with E-state index >= 15 is 0 Å². The van der Waals surface area contributed by atoms with Gasteiger partial charge in [0.1, 0.15) is 11.6 Å². The Balaban J connectivity index is 1.43. The number of aromatic nitrogens is 2. The third kappa shape index (κ3) is 5.13. The van der Waals surface area contributed by atoms with Gasteiger partial charge in [-0.25, -0.2) is 8.78 Å². The Labute approximate surface area is 152 Å². The van der Waals surface area contributed by atoms with Gasteiger partial charge >= 0.3 is 6.01 Å². The van der Waals surface area contributed by atoms with Crippen LogP contribution in [0.15, 0.2) is 57.8 Å². The van der Waals surface area contributed by atoms with Gasteiger partial charge in [0.15, 0.2) is 0 Å². The first-order valence-electron chi connectivity index (χ1n) is 7.88. The van der Waals surface area contributed by atoms with E-state index in [0.717, 1.165) is 10.6 Å². The molecule has 3 aromatic rings. The van der Waals surface area contributed by atoms with Crippen LogP contribution in [0.3, 0.4) is 0 Å². The third-order valence-corrected chi connectivity index (χ3v) is 4.49. The minimum absolute atomic E-state index is 0.000475. The molecule has 1 N–H and O–H groups in total. The lowest BCUT2D eigenvalue weighted by molar-refractivity contribution is -0.116. The zero-order chi connectivity index (χ0) is 18.4. The van der Waals surface area contributed by atoms with E-state index in [9.17, 15) is 13.6 Å². The maximum absolute atomic E-state index is 12.9. The Morgan fingerprint density at radius 3 is 2.35 bits per heavy atom. The lowest BCUT2D eigenvalue weighted by Crippen LogP contribution is -2.11. The number of carbonyl (C=O) groups is 1. The summed E-state index contributed by atoms with van der Waals surface area (Å²) in [5.41, 5.74) is 0.565. The largest absolute Gasteiger partial charge is 0.403 e. The minimum Gasteiger partial charge on any atom is -0.403 e. The van der Waals surface area contributed by atoms with E-state index in [1.165, 1.54) is 36.4 Å². The van der Waals surface area contributed by atoms with Crippen molar-refractivity contribution >= 4 is 23.7 Å². The summed E-state index contributed by atoms with van der Waals surface area (Å²) < 4.78 is 31.1. The predicted octanol–water partition coefficient (Wildman–Crippen LogP) is 4.53. The summed E-state index contributed by atoms with van der Waals surface area (Å²) in [6, 6.07) is 11.8. The number of anilines is 1. The van der Waals surface area contributed by atoms with E-state index in [0.29, 0.717) is 18.4 Å². The van der Waals surface area contributed by atoms with Crippen LogP contribution in [0.1, 0.15) is 12.8 Å². The average molecular weight is 375 g/mol. The van der Waals surface area contributed by atoms with Crippen molar-refractivity contribution in [2.75, 3.05) is 11.1 Å². The Kier molecular flexibility index (Phi) is 5.96. The molecule has 1 amide bonds. The topological polar surface area (TPSA) is 68.0 Å². The maximum Gasteiger partial charge on any atom is 0.322 e. The van der Waals surface area contributed by atoms with Crippen LogP contribution in [-0.4, -0.2) is 21.9 Å². The number of halogens is 2. The fourth-order valence-electron chi connectivity index (χ4n) is 2.12. The summed E-state index contributed by atoms with van der Waals surface area (Å²) in [5, 5.41) is 10.1. The van der Waals surface area contributed by atoms with Crippen molar-refractivity contribution in [2.24, 2.45) is 0 Å². The molecule has 5 nitrogen and oxygen atoms in total. The number of rotatable bonds is 7. The van der Waals surface area contributed by atoms with E-state index in [2.05, 4.69) is 15.5 Å². The first-order chi connectivity index (χ1) is 12.6. The number of hydrogen-bond acceptors (Lipinski definition) is 5. The molecular weight excluding hydrogens is 360 g/mol. The van der Waals surface area contributed by atoms with Gasteiger partial charge in [0, 0.05) is 16.9 Å². The lowest BCUT2D eigenvalue weighted by Gasteiger charge is -2.02. The molecule has 0 atom stereocenters. The highest BCUT2D eigenvalue weighted by Crippen LogP contribution is 2.21. The van der Waals surface area contributed by atoms with Crippen molar-refractivity contribution in [3.8, 4) is 11.5 Å². The second-order valence-electron chi connectivity index (χ2n) is 5.37. The van der Waals surface area contributed by atoms with Crippen molar-refractivity contribution in [1.29, 1.82) is 0 Å². The molecule has 2 aromatic carbocycles. The van der Waals surface area contributed by atoms with Crippen LogP contribution >= 0.6 is 11.8 Å². The van der Waals surface area contributed by atoms with Gasteiger partial charge < -0.3 is 4.42 Å². The smallest absolute Gasteiger partial charge is 0.322 e. The Morgan fingerprint density at radius 1 is 1.00 bits per heavy atom. The highest BCUT2D eigenvalue weighted by molar-refractivity contribution is 7.99. The Bertz CT molecular complexity index is 867. The van der Waals surface area contributed by atoms with Crippen LogP contribution < -0.4 is 5.32 Å². The van der Waals surface area contributed by atoms with Crippen LogP contribution in [0.25, 0.3) is 11.5 Å². The van der Waals surface area contributed by atoms with Gasteiger partial charge in [0.05, 0.1) is 0 Å². The zero-order valence-corrected chi connectivity index (χ0v) is 14.4. The molecule has 8 heteroatoms. The summed E-state index contributed by atoms with van der Waals surface area (Å²) in [6.45, 7) is 0. The Hall–Kier alpha value is -2.74. The van der Waals surface area contributed by atoms with Gasteiger partial charge in [0.25, 0.3) is 0 Å². The van der Waals surface area contributed by atoms with Crippen LogP contribution in [0.5, 0.6) is 0 Å². The molecule has 0 aliphatic carbocycles. The van der Waals surface area contributed by atoms with Crippen molar-refractivity contribution in [3.63, 3.8) is 0 Å². The molecule has 26 heavy (non-hydrogen) atoms. The number of carbonyl (C=O) groups excluding carboxylic acids is 1. The van der Waals surface area contributed by atoms with Gasteiger partial charge in [0.2, 0.25) is 11.8 Å². The highest BCUT2D eigenvalue weighted by Gasteiger charge is 2.11. The van der Waals surface area contributed by atoms with E-state index in [1.807, 2.05) is 0 Å². The van der Waals surface area contributed by atoms with Gasteiger partial charge in [-0.1, -0.05) is 5.10 Å². The van der Waals surface area contributed by atoms with Crippen LogP contribution in [0.4, 0.5) is 14.8 Å². The van der Waals surface area contributed by atoms with Gasteiger partial charge in [-0.3, -0.25) is 10.1 Å². The molecule has 134 valence electrons. The summed E-state index contributed by atoms with van der Waals surface area (Å²) in [4.78, 5) is 12.9. The van der Waals surface area contributed by atoms with Crippen LogP contribution in [0, 0.1) is 11.6 Å². The summed E-state index contributed by atoms with van der Waals surface area (Å²) in [7, 11) is 0. The van der Waals surface area contributed by atoms with Gasteiger partial charge in [-0.05, 0) is 60.7 Å². The second-order valence-corrected chi connectivity index (χ2v) is 6.54. The zero-order valence-electron chi connectivity index (χ0n) is 13.6. The molecular formula is C18H15F2N3O2S. The fraction of sp³-hybridized carbons (Fsp3) is 0.167. The molecule has 0 saturated heterocycles. The molecule has 0 fully saturated rings. The third-order valence-electron chi connectivity index (χ3n) is 3.39. The van der Waals surface area contributed by atoms with Crippen LogP contribution in [-0.2, 0) is 4.79 Å². The highest BCUT2D eigenvalue weighted by atomic mass is 32.2. The molecule has 0 radical (unpaired) electrons. The number of amides is 1. The normalized spacial score (nSPS) is 10.7. The van der Waals surface area contributed by atoms with E-state index in [4.69, 9.17) is 4.42 Å². The first-order valence-corrected chi connectivity index (χ1v) is 8.86. The van der Waals surface area contributed by atoms with Gasteiger partial charge in [-0.2, -0.15) is 0 Å². The summed E-state index contributed by atoms with van der Waals surface area (Å²) >= 11 is 1.55. The average Bonchev–Trinajstić information content (AvgIpc) is 3.09. The number of benzene rings is 2. The molecule has 0 unspecified atom stereocenters. The molecule has 1 aromatic heterocycles. The predicted molar refractivity (Wildman–Crippen MR) is 94.7 cm³/mol. The standard InChI is InChI=1S/C18H15F2N3O2S/c19-13-5-3-12(4-6-13)17-22-23-18(25-17)21-16(24)2-1-11-26-15-9-7-14(20)8-10-15/h3-10H,1-2,11H2,(H,21,23,24). The van der Waals surface area contributed by atoms with Crippen molar-refractivity contribution in [2.45, 2.75) is 17.7 Å². The van der Waals surface area contributed by atoms with E-state index < -0.39 is 0 Å². The van der Waals surface area contributed by atoms with Crippen LogP contribution in [0.2, 0.25) is 0 Å². The molecule has 0 bridgehead atoms. The first kappa shape index (κ1) is 18.1. The van der Waals surface area contributed by atoms with Crippen molar-refractivity contribution in [3.05, 3.63) is 60.2 Å². The summed E-state index contributed by atoms with van der Waals surface area (Å²) in [6.07, 6.45) is 0.940. The summed E-state index contributed by atoms with van der Waals surface area (Å²) in [5.74, 6) is 0.0590. The quantitative estimate of drug-likeness (QED) is 0.486. The molecule has 0 aliphatic rings. The monoisotopic (exact) mass is 375 g/mol. The molecule has 0 spiro atoms. The number of nitrogens with zero attached hydrogens (tertiary/aromatic N) is 2. The Morgan fingerprint density at radius 2 is 1.65 bits per heavy atom. The molecule has 3 rings (SSSR count). The fourth-order valence-corrected chi connectivity index (χ4v) is 2.97. The number of nitrogens with one attached hydrogen (secondary N) is 1. The second kappa shape index (κ2) is 8.57. The van der Waals surface area contributed by atoms with E-state index in [-0.39, 0.29) is 29.4 Å². The molecule has 1 heterocycles. The SMILES string of the molecule is O=C(CCCSc1ccc(F)cc1)Nc1nnc(-c2ccc(F)cc2)o1. The maximum atomic E-state index is 12.9. The van der Waals surface area contributed by atoms with Crippen molar-refractivity contribution < 1.29 is 18.0 Å². The minimum atomic E-state index is -0.361. The van der Waals surface area contributed by atoms with E-state index in [1.54, 1.807) is 23.9 Å². The number of thioether (sulfide) groups is 1. The van der Waals surface area contributed by atoms with Crippen molar-refractivity contribution in [1.82, 2.24) is 10.2 Å². The number of hydrogen-bond donors (Lipinski definition) is 1. The lowest BCUT2D eigenvalue weighted by atomic mass is 10.2. The molecule has 0 aliphatic heterocycles. The van der Waals surface area contributed by atoms with Gasteiger partial charge in [-0.15, -0.1) is 16.9 Å². The molecule has 0 saturated carbocycles.